The highest BCUT2D eigenvalue weighted by atomic mass is 14.9. The lowest BCUT2D eigenvalue weighted by atomic mass is 9.90. The number of aryl methyl sites for hydroxylation is 1. The second-order valence-corrected chi connectivity index (χ2v) is 5.77. The van der Waals surface area contributed by atoms with E-state index >= 15 is 0 Å². The Morgan fingerprint density at radius 2 is 1.85 bits per heavy atom. The molecule has 0 unspecified atom stereocenters. The molecule has 2 heteroatoms. The van der Waals surface area contributed by atoms with Crippen LogP contribution in [0.15, 0.2) is 42.6 Å². The van der Waals surface area contributed by atoms with Crippen LogP contribution in [0, 0.1) is 6.92 Å². The third kappa shape index (κ3) is 3.26. The van der Waals surface area contributed by atoms with E-state index in [-0.39, 0.29) is 0 Å². The summed E-state index contributed by atoms with van der Waals surface area (Å²) in [5.41, 5.74) is 5.30. The molecule has 2 nitrogen and oxygen atoms in total. The number of rotatable bonds is 3. The lowest BCUT2D eigenvalue weighted by molar-refractivity contribution is 0.460. The van der Waals surface area contributed by atoms with Crippen molar-refractivity contribution < 1.29 is 0 Å². The SMILES string of the molecule is Cc1ccc(Cc2cc(C3CCNCC3)ccn2)cc1. The second-order valence-electron chi connectivity index (χ2n) is 5.77. The minimum Gasteiger partial charge on any atom is -0.317 e. The van der Waals surface area contributed by atoms with Gasteiger partial charge in [0, 0.05) is 18.3 Å². The molecule has 2 aromatic rings. The highest BCUT2D eigenvalue weighted by Crippen LogP contribution is 2.25. The molecule has 20 heavy (non-hydrogen) atoms. The summed E-state index contributed by atoms with van der Waals surface area (Å²) in [6.45, 7) is 4.40. The summed E-state index contributed by atoms with van der Waals surface area (Å²) >= 11 is 0. The average Bonchev–Trinajstić information content (AvgIpc) is 2.51. The Balaban J connectivity index is 1.75. The summed E-state index contributed by atoms with van der Waals surface area (Å²) in [7, 11) is 0. The largest absolute Gasteiger partial charge is 0.317 e. The zero-order valence-corrected chi connectivity index (χ0v) is 12.1. The summed E-state index contributed by atoms with van der Waals surface area (Å²) in [6, 6.07) is 13.2. The van der Waals surface area contributed by atoms with Crippen LogP contribution in [0.1, 0.15) is 41.1 Å². The molecule has 1 saturated heterocycles. The number of piperidine rings is 1. The van der Waals surface area contributed by atoms with Crippen molar-refractivity contribution in [3.05, 3.63) is 65.0 Å². The summed E-state index contributed by atoms with van der Waals surface area (Å²) in [5.74, 6) is 0.705. The molecule has 0 amide bonds. The molecule has 1 aliphatic heterocycles. The maximum atomic E-state index is 4.54. The molecule has 1 aliphatic rings. The molecule has 0 spiro atoms. The quantitative estimate of drug-likeness (QED) is 0.920. The van der Waals surface area contributed by atoms with Gasteiger partial charge in [-0.05, 0) is 62.0 Å². The third-order valence-corrected chi connectivity index (χ3v) is 4.16. The van der Waals surface area contributed by atoms with Crippen LogP contribution in [0.5, 0.6) is 0 Å². The molecule has 1 fully saturated rings. The number of hydrogen-bond donors (Lipinski definition) is 1. The molecule has 3 rings (SSSR count). The summed E-state index contributed by atoms with van der Waals surface area (Å²) in [5, 5.41) is 3.43. The number of aromatic nitrogens is 1. The minimum atomic E-state index is 0.705. The fraction of sp³-hybridized carbons (Fsp3) is 0.389. The molecule has 104 valence electrons. The van der Waals surface area contributed by atoms with E-state index in [2.05, 4.69) is 53.6 Å². The Morgan fingerprint density at radius 3 is 2.60 bits per heavy atom. The van der Waals surface area contributed by atoms with Crippen LogP contribution in [0.4, 0.5) is 0 Å². The van der Waals surface area contributed by atoms with Crippen molar-refractivity contribution in [3.8, 4) is 0 Å². The van der Waals surface area contributed by atoms with E-state index in [1.54, 1.807) is 0 Å². The fourth-order valence-electron chi connectivity index (χ4n) is 2.92. The van der Waals surface area contributed by atoms with Gasteiger partial charge in [0.05, 0.1) is 0 Å². The fourth-order valence-corrected chi connectivity index (χ4v) is 2.92. The van der Waals surface area contributed by atoms with Gasteiger partial charge >= 0.3 is 0 Å². The van der Waals surface area contributed by atoms with E-state index in [1.807, 2.05) is 6.20 Å². The van der Waals surface area contributed by atoms with Crippen molar-refractivity contribution in [1.82, 2.24) is 10.3 Å². The van der Waals surface area contributed by atoms with Gasteiger partial charge in [-0.2, -0.15) is 0 Å². The van der Waals surface area contributed by atoms with Crippen molar-refractivity contribution in [2.75, 3.05) is 13.1 Å². The van der Waals surface area contributed by atoms with Crippen molar-refractivity contribution in [1.29, 1.82) is 0 Å². The van der Waals surface area contributed by atoms with Crippen molar-refractivity contribution in [2.45, 2.75) is 32.1 Å². The monoisotopic (exact) mass is 266 g/mol. The van der Waals surface area contributed by atoms with E-state index in [9.17, 15) is 0 Å². The van der Waals surface area contributed by atoms with E-state index in [1.165, 1.54) is 35.2 Å². The molecule has 0 atom stereocenters. The molecule has 1 N–H and O–H groups in total. The van der Waals surface area contributed by atoms with Crippen molar-refractivity contribution in [3.63, 3.8) is 0 Å². The van der Waals surface area contributed by atoms with Crippen molar-refractivity contribution >= 4 is 0 Å². The normalized spacial score (nSPS) is 16.2. The first-order chi connectivity index (χ1) is 9.81. The number of hydrogen-bond acceptors (Lipinski definition) is 2. The van der Waals surface area contributed by atoms with Crippen LogP contribution in [-0.2, 0) is 6.42 Å². The summed E-state index contributed by atoms with van der Waals surface area (Å²) in [4.78, 5) is 4.54. The lowest BCUT2D eigenvalue weighted by Crippen LogP contribution is -2.26. The van der Waals surface area contributed by atoms with Crippen LogP contribution in [0.2, 0.25) is 0 Å². The number of nitrogens with zero attached hydrogens (tertiary/aromatic N) is 1. The zero-order valence-electron chi connectivity index (χ0n) is 12.1. The van der Waals surface area contributed by atoms with Gasteiger partial charge in [-0.25, -0.2) is 0 Å². The molecule has 2 heterocycles. The van der Waals surface area contributed by atoms with Crippen LogP contribution < -0.4 is 5.32 Å². The molecule has 1 aromatic carbocycles. The predicted octanol–water partition coefficient (Wildman–Crippen LogP) is 3.45. The van der Waals surface area contributed by atoms with Gasteiger partial charge in [-0.3, -0.25) is 4.98 Å². The first-order valence-electron chi connectivity index (χ1n) is 7.52. The molecule has 0 aliphatic carbocycles. The van der Waals surface area contributed by atoms with Crippen LogP contribution >= 0.6 is 0 Å². The van der Waals surface area contributed by atoms with E-state index in [4.69, 9.17) is 0 Å². The smallest absolute Gasteiger partial charge is 0.0450 e. The number of pyridine rings is 1. The van der Waals surface area contributed by atoms with E-state index in [0.29, 0.717) is 5.92 Å². The summed E-state index contributed by atoms with van der Waals surface area (Å²) < 4.78 is 0. The predicted molar refractivity (Wildman–Crippen MR) is 83.1 cm³/mol. The Bertz CT molecular complexity index is 554. The maximum Gasteiger partial charge on any atom is 0.0450 e. The van der Waals surface area contributed by atoms with E-state index < -0.39 is 0 Å². The van der Waals surface area contributed by atoms with Gasteiger partial charge in [-0.1, -0.05) is 29.8 Å². The number of benzene rings is 1. The van der Waals surface area contributed by atoms with Gasteiger partial charge in [0.2, 0.25) is 0 Å². The highest BCUT2D eigenvalue weighted by Gasteiger charge is 2.15. The molecule has 0 bridgehead atoms. The Morgan fingerprint density at radius 1 is 1.10 bits per heavy atom. The Kier molecular flexibility index (Phi) is 4.12. The first-order valence-corrected chi connectivity index (χ1v) is 7.52. The Labute approximate surface area is 121 Å². The molecular weight excluding hydrogens is 244 g/mol. The third-order valence-electron chi connectivity index (χ3n) is 4.16. The summed E-state index contributed by atoms with van der Waals surface area (Å²) in [6.07, 6.45) is 5.39. The minimum absolute atomic E-state index is 0.705. The van der Waals surface area contributed by atoms with Gasteiger partial charge in [0.1, 0.15) is 0 Å². The Hall–Kier alpha value is -1.67. The van der Waals surface area contributed by atoms with E-state index in [0.717, 1.165) is 19.5 Å². The van der Waals surface area contributed by atoms with Gasteiger partial charge in [0.15, 0.2) is 0 Å². The first kappa shape index (κ1) is 13.3. The molecular formula is C18H22N2. The van der Waals surface area contributed by atoms with Gasteiger partial charge in [-0.15, -0.1) is 0 Å². The lowest BCUT2D eigenvalue weighted by Gasteiger charge is -2.23. The number of nitrogens with one attached hydrogen (secondary N) is 1. The highest BCUT2D eigenvalue weighted by molar-refractivity contribution is 5.28. The molecule has 0 radical (unpaired) electrons. The van der Waals surface area contributed by atoms with Crippen LogP contribution in [0.25, 0.3) is 0 Å². The van der Waals surface area contributed by atoms with Crippen LogP contribution in [0.3, 0.4) is 0 Å². The average molecular weight is 266 g/mol. The molecule has 1 aromatic heterocycles. The maximum absolute atomic E-state index is 4.54. The van der Waals surface area contributed by atoms with Crippen LogP contribution in [-0.4, -0.2) is 18.1 Å². The second kappa shape index (κ2) is 6.19. The standard InChI is InChI=1S/C18H22N2/c1-14-2-4-15(5-3-14)12-18-13-17(8-11-20-18)16-6-9-19-10-7-16/h2-5,8,11,13,16,19H,6-7,9-10,12H2,1H3. The van der Waals surface area contributed by atoms with Gasteiger partial charge in [0.25, 0.3) is 0 Å². The van der Waals surface area contributed by atoms with Gasteiger partial charge < -0.3 is 5.32 Å². The zero-order chi connectivity index (χ0) is 13.8. The topological polar surface area (TPSA) is 24.9 Å². The molecule has 0 saturated carbocycles. The van der Waals surface area contributed by atoms with Crippen molar-refractivity contribution in [2.24, 2.45) is 0 Å².